The van der Waals surface area contributed by atoms with Crippen molar-refractivity contribution >= 4 is 48.6 Å². The van der Waals surface area contributed by atoms with Crippen LogP contribution in [0.25, 0.3) is 11.4 Å². The van der Waals surface area contributed by atoms with Gasteiger partial charge in [0, 0.05) is 17.1 Å². The molecule has 0 saturated heterocycles. The molecule has 0 spiro atoms. The van der Waals surface area contributed by atoms with Crippen molar-refractivity contribution < 1.29 is 4.21 Å². The van der Waals surface area contributed by atoms with E-state index in [2.05, 4.69) is 62.6 Å². The molecule has 0 fully saturated rings. The van der Waals surface area contributed by atoms with Crippen LogP contribution in [0.3, 0.4) is 0 Å². The van der Waals surface area contributed by atoms with Crippen molar-refractivity contribution in [2.75, 3.05) is 4.72 Å². The Morgan fingerprint density at radius 3 is 2.36 bits per heavy atom. The second-order valence-corrected chi connectivity index (χ2v) is 11.9. The molecule has 0 radical (unpaired) electrons. The predicted octanol–water partition coefficient (Wildman–Crippen LogP) is 8.00. The summed E-state index contributed by atoms with van der Waals surface area (Å²) >= 11 is 3.56. The van der Waals surface area contributed by atoms with Crippen LogP contribution in [0.5, 0.6) is 0 Å². The van der Waals surface area contributed by atoms with Crippen molar-refractivity contribution in [3.05, 3.63) is 124 Å². The molecule has 0 amide bonds. The van der Waals surface area contributed by atoms with Gasteiger partial charge in [-0.2, -0.15) is 5.10 Å². The number of rotatable bonds is 9. The largest absolute Gasteiger partial charge is 0.366 e. The third-order valence-electron chi connectivity index (χ3n) is 6.07. The zero-order valence-corrected chi connectivity index (χ0v) is 25.7. The second-order valence-electron chi connectivity index (χ2n) is 9.00. The lowest BCUT2D eigenvalue weighted by Crippen LogP contribution is -2.19. The Kier molecular flexibility index (Phi) is 10.4. The number of aromatic nitrogens is 2. The Bertz CT molecular complexity index is 1570. The minimum absolute atomic E-state index is 0.530. The number of benzene rings is 3. The molecule has 204 valence electrons. The van der Waals surface area contributed by atoms with Crippen LogP contribution in [-0.2, 0) is 16.3 Å². The van der Waals surface area contributed by atoms with Crippen molar-refractivity contribution in [1.82, 2.24) is 15.1 Å². The molecule has 1 aromatic heterocycles. The number of hydrogen-bond donors (Lipinski definition) is 2. The molecule has 1 heterocycles. The molecule has 1 unspecified atom stereocenters. The maximum absolute atomic E-state index is 13.3. The van der Waals surface area contributed by atoms with E-state index in [-0.39, 0.29) is 0 Å². The van der Waals surface area contributed by atoms with E-state index in [9.17, 15) is 4.21 Å². The van der Waals surface area contributed by atoms with Crippen LogP contribution < -0.4 is 10.0 Å². The van der Waals surface area contributed by atoms with Crippen LogP contribution in [0, 0.1) is 20.8 Å². The van der Waals surface area contributed by atoms with Crippen molar-refractivity contribution in [2.24, 2.45) is 0 Å². The molecular formula is C32H37BrN4OS. The number of aryl methyl sites for hydroxylation is 2. The Balaban J connectivity index is 0.00000205. The molecule has 4 aromatic rings. The molecule has 5 nitrogen and oxygen atoms in total. The molecule has 3 aromatic carbocycles. The van der Waals surface area contributed by atoms with Gasteiger partial charge in [0.2, 0.25) is 0 Å². The lowest BCUT2D eigenvalue weighted by Gasteiger charge is -2.16. The molecule has 2 N–H and O–H groups in total. The summed E-state index contributed by atoms with van der Waals surface area (Å²) in [6.07, 6.45) is 3.79. The molecule has 4 rings (SSSR count). The first-order valence-corrected chi connectivity index (χ1v) is 15.4. The molecule has 0 bridgehead atoms. The monoisotopic (exact) mass is 604 g/mol. The second kappa shape index (κ2) is 13.5. The van der Waals surface area contributed by atoms with Crippen LogP contribution in [0.1, 0.15) is 41.8 Å². The van der Waals surface area contributed by atoms with E-state index >= 15 is 0 Å². The summed E-state index contributed by atoms with van der Waals surface area (Å²) in [5.74, 6) is 4.76. The Morgan fingerprint density at radius 2 is 1.72 bits per heavy atom. The van der Waals surface area contributed by atoms with Crippen LogP contribution in [0.15, 0.2) is 101 Å². The first-order chi connectivity index (χ1) is 18.6. The highest BCUT2D eigenvalue weighted by atomic mass is 79.9. The molecule has 7 heteroatoms. The van der Waals surface area contributed by atoms with E-state index in [0.717, 1.165) is 49.5 Å². The molecule has 0 aliphatic rings. The van der Waals surface area contributed by atoms with E-state index in [1.165, 1.54) is 0 Å². The molecule has 0 saturated carbocycles. The molecular weight excluding hydrogens is 568 g/mol. The smallest absolute Gasteiger partial charge is 0.128 e. The van der Waals surface area contributed by atoms with Gasteiger partial charge in [-0.15, -0.1) is 0 Å². The standard InChI is InChI=1S/C30H31BrN4OS.C2H6/c1-21-13-15-27(16-14-21)37(5,36)34-26-11-8-10-25(18-26)19-32-30(35-24(4)29(31)20-33-35)17-23(3)28-12-7-6-9-22(28)2;1-2/h6-18,20,32H,3,5,19H2,1-2,4H3,(H,34,36);1-2H3/b30-17-;. The van der Waals surface area contributed by atoms with Gasteiger partial charge in [-0.3, -0.25) is 0 Å². The average Bonchev–Trinajstić information content (AvgIpc) is 3.25. The fraction of sp³-hybridized carbons (Fsp3) is 0.188. The van der Waals surface area contributed by atoms with E-state index in [1.54, 1.807) is 6.20 Å². The lowest BCUT2D eigenvalue weighted by atomic mass is 10.0. The van der Waals surface area contributed by atoms with Gasteiger partial charge in [0.25, 0.3) is 0 Å². The van der Waals surface area contributed by atoms with E-state index in [4.69, 9.17) is 0 Å². The van der Waals surface area contributed by atoms with Gasteiger partial charge in [-0.1, -0.05) is 74.5 Å². The van der Waals surface area contributed by atoms with Crippen LogP contribution in [0.2, 0.25) is 0 Å². The summed E-state index contributed by atoms with van der Waals surface area (Å²) < 4.78 is 19.2. The van der Waals surface area contributed by atoms with Crippen LogP contribution in [-0.4, -0.2) is 19.9 Å². The Hall–Kier alpha value is -3.55. The summed E-state index contributed by atoms with van der Waals surface area (Å²) in [6, 6.07) is 23.6. The van der Waals surface area contributed by atoms with E-state index < -0.39 is 9.71 Å². The number of nitrogens with one attached hydrogen (secondary N) is 2. The summed E-state index contributed by atoms with van der Waals surface area (Å²) in [7, 11) is -2.69. The fourth-order valence-electron chi connectivity index (χ4n) is 3.94. The number of anilines is 1. The highest BCUT2D eigenvalue weighted by Gasteiger charge is 2.12. The van der Waals surface area contributed by atoms with Crippen LogP contribution in [0.4, 0.5) is 5.69 Å². The highest BCUT2D eigenvalue weighted by Crippen LogP contribution is 2.23. The quantitative estimate of drug-likeness (QED) is 0.150. The van der Waals surface area contributed by atoms with E-state index in [1.807, 2.05) is 99.1 Å². The maximum Gasteiger partial charge on any atom is 0.128 e. The van der Waals surface area contributed by atoms with Gasteiger partial charge < -0.3 is 10.0 Å². The van der Waals surface area contributed by atoms with Gasteiger partial charge >= 0.3 is 0 Å². The molecule has 0 aliphatic heterocycles. The third-order valence-corrected chi connectivity index (χ3v) is 8.44. The van der Waals surface area contributed by atoms with Gasteiger partial charge in [0.1, 0.15) is 5.82 Å². The van der Waals surface area contributed by atoms with Gasteiger partial charge in [0.15, 0.2) is 0 Å². The SMILES string of the molecule is C=C(/C=C(/NCc1cccc(NS(=C)(=O)c2ccc(C)cc2)c1)n1ncc(Br)c1C)c1ccccc1C.CC. The number of nitrogens with zero attached hydrogens (tertiary/aromatic N) is 2. The highest BCUT2D eigenvalue weighted by molar-refractivity contribution is 9.10. The first-order valence-electron chi connectivity index (χ1n) is 12.9. The van der Waals surface area contributed by atoms with E-state index in [0.29, 0.717) is 11.4 Å². The zero-order valence-electron chi connectivity index (χ0n) is 23.3. The van der Waals surface area contributed by atoms with Gasteiger partial charge in [-0.05, 0) is 95.2 Å². The fourth-order valence-corrected chi connectivity index (χ4v) is 5.40. The zero-order chi connectivity index (χ0) is 28.6. The third kappa shape index (κ3) is 7.74. The van der Waals surface area contributed by atoms with Crippen molar-refractivity contribution in [1.29, 1.82) is 0 Å². The molecule has 39 heavy (non-hydrogen) atoms. The topological polar surface area (TPSA) is 58.9 Å². The number of hydrogen-bond acceptors (Lipinski definition) is 3. The summed E-state index contributed by atoms with van der Waals surface area (Å²) in [5.41, 5.74) is 6.97. The number of allylic oxidation sites excluding steroid dienone is 2. The maximum atomic E-state index is 13.3. The minimum atomic E-state index is -2.69. The summed E-state index contributed by atoms with van der Waals surface area (Å²) in [4.78, 5) is 0.668. The van der Waals surface area contributed by atoms with Crippen molar-refractivity contribution in [3.8, 4) is 0 Å². The van der Waals surface area contributed by atoms with Gasteiger partial charge in [0.05, 0.1) is 26.1 Å². The Morgan fingerprint density at radius 1 is 1.03 bits per heavy atom. The van der Waals surface area contributed by atoms with Crippen LogP contribution >= 0.6 is 15.9 Å². The first kappa shape index (κ1) is 30.0. The number of halogens is 1. The predicted molar refractivity (Wildman–Crippen MR) is 172 cm³/mol. The molecule has 0 aliphatic carbocycles. The minimum Gasteiger partial charge on any atom is -0.366 e. The summed E-state index contributed by atoms with van der Waals surface area (Å²) in [5, 5.41) is 8.06. The Labute approximate surface area is 241 Å². The lowest BCUT2D eigenvalue weighted by molar-refractivity contribution is 0.684. The molecule has 1 atom stereocenters. The average molecular weight is 606 g/mol. The normalized spacial score (nSPS) is 12.6. The van der Waals surface area contributed by atoms with Crippen molar-refractivity contribution in [2.45, 2.75) is 46.1 Å². The summed E-state index contributed by atoms with van der Waals surface area (Å²) in [6.45, 7) is 14.9. The van der Waals surface area contributed by atoms with Gasteiger partial charge in [-0.25, -0.2) is 8.89 Å². The van der Waals surface area contributed by atoms with Crippen molar-refractivity contribution in [3.63, 3.8) is 0 Å².